The van der Waals surface area contributed by atoms with Gasteiger partial charge < -0.3 is 0 Å². The Morgan fingerprint density at radius 3 is 2.68 bits per heavy atom. The summed E-state index contributed by atoms with van der Waals surface area (Å²) in [6.45, 7) is 1.53. The molecule has 0 amide bonds. The maximum Gasteiger partial charge on any atom is 0.280 e. The standard InChI is InChI=1S/C19H14N4O2/c1-12(24)13-6-8-15(9-7-13)20-10-14-11-21-23-18(14)22-17-5-3-2-4-16(17)19(23)25/h2-11,21H,1H3. The number of carbonyl (C=O) groups is 1. The van der Waals surface area contributed by atoms with Gasteiger partial charge in [0.25, 0.3) is 5.56 Å². The number of nitrogens with zero attached hydrogens (tertiary/aromatic N) is 3. The van der Waals surface area contributed by atoms with Crippen molar-refractivity contribution in [3.8, 4) is 0 Å². The Kier molecular flexibility index (Phi) is 3.50. The molecule has 0 spiro atoms. The number of H-pyrrole nitrogens is 1. The summed E-state index contributed by atoms with van der Waals surface area (Å²) in [4.78, 5) is 32.7. The summed E-state index contributed by atoms with van der Waals surface area (Å²) < 4.78 is 1.41. The predicted octanol–water partition coefficient (Wildman–Crippen LogP) is 3.13. The molecular weight excluding hydrogens is 316 g/mol. The number of fused-ring (bicyclic) bond motifs is 2. The Balaban J connectivity index is 1.77. The highest BCUT2D eigenvalue weighted by molar-refractivity contribution is 5.94. The van der Waals surface area contributed by atoms with E-state index in [2.05, 4.69) is 15.1 Å². The first-order chi connectivity index (χ1) is 12.1. The number of hydrogen-bond acceptors (Lipinski definition) is 4. The third kappa shape index (κ3) is 2.63. The zero-order chi connectivity index (χ0) is 17.4. The molecule has 4 aromatic rings. The molecule has 0 aliphatic heterocycles. The molecular formula is C19H14N4O2. The molecule has 0 saturated heterocycles. The van der Waals surface area contributed by atoms with Crippen LogP contribution < -0.4 is 5.56 Å². The van der Waals surface area contributed by atoms with Crippen molar-refractivity contribution in [2.24, 2.45) is 4.99 Å². The van der Waals surface area contributed by atoms with Crippen LogP contribution in [0.5, 0.6) is 0 Å². The van der Waals surface area contributed by atoms with Crippen molar-refractivity contribution in [2.75, 3.05) is 0 Å². The Labute approximate surface area is 142 Å². The van der Waals surface area contributed by atoms with Crippen molar-refractivity contribution < 1.29 is 4.79 Å². The molecule has 2 aromatic heterocycles. The second kappa shape index (κ2) is 5.83. The van der Waals surface area contributed by atoms with E-state index in [9.17, 15) is 9.59 Å². The molecule has 2 heterocycles. The lowest BCUT2D eigenvalue weighted by atomic mass is 10.1. The fourth-order valence-corrected chi connectivity index (χ4v) is 2.67. The van der Waals surface area contributed by atoms with Crippen molar-refractivity contribution in [1.29, 1.82) is 0 Å². The number of aliphatic imine (C=N–C) groups is 1. The van der Waals surface area contributed by atoms with Gasteiger partial charge in [0.05, 0.1) is 22.2 Å². The van der Waals surface area contributed by atoms with Crippen LogP contribution in [-0.2, 0) is 0 Å². The second-order valence-electron chi connectivity index (χ2n) is 5.68. The molecule has 25 heavy (non-hydrogen) atoms. The van der Waals surface area contributed by atoms with Gasteiger partial charge in [0.15, 0.2) is 11.4 Å². The third-order valence-electron chi connectivity index (χ3n) is 4.01. The maximum absolute atomic E-state index is 12.5. The summed E-state index contributed by atoms with van der Waals surface area (Å²) >= 11 is 0. The van der Waals surface area contributed by atoms with Crippen LogP contribution in [0.15, 0.2) is 64.5 Å². The first-order valence-corrected chi connectivity index (χ1v) is 7.77. The SMILES string of the molecule is CC(=O)c1ccc(N=Cc2c[nH]n3c(=O)c4ccccc4nc23)cc1. The third-order valence-corrected chi connectivity index (χ3v) is 4.01. The zero-order valence-corrected chi connectivity index (χ0v) is 13.4. The summed E-state index contributed by atoms with van der Waals surface area (Å²) in [6, 6.07) is 14.2. The average molecular weight is 330 g/mol. The monoisotopic (exact) mass is 330 g/mol. The van der Waals surface area contributed by atoms with Crippen LogP contribution in [-0.4, -0.2) is 26.6 Å². The molecule has 0 radical (unpaired) electrons. The van der Waals surface area contributed by atoms with E-state index in [-0.39, 0.29) is 11.3 Å². The second-order valence-corrected chi connectivity index (χ2v) is 5.68. The van der Waals surface area contributed by atoms with E-state index in [1.54, 1.807) is 42.7 Å². The van der Waals surface area contributed by atoms with Gasteiger partial charge in [-0.1, -0.05) is 12.1 Å². The number of ketones is 1. The molecule has 0 saturated carbocycles. The zero-order valence-electron chi connectivity index (χ0n) is 13.4. The summed E-state index contributed by atoms with van der Waals surface area (Å²) in [5.41, 5.74) is 3.09. The molecule has 0 aliphatic carbocycles. The molecule has 122 valence electrons. The molecule has 2 aromatic carbocycles. The number of hydrogen-bond donors (Lipinski definition) is 1. The number of benzene rings is 2. The molecule has 0 atom stereocenters. The predicted molar refractivity (Wildman–Crippen MR) is 97.0 cm³/mol. The van der Waals surface area contributed by atoms with E-state index < -0.39 is 0 Å². The van der Waals surface area contributed by atoms with E-state index >= 15 is 0 Å². The molecule has 6 heteroatoms. The summed E-state index contributed by atoms with van der Waals surface area (Å²) in [6.07, 6.45) is 3.34. The minimum atomic E-state index is -0.147. The summed E-state index contributed by atoms with van der Waals surface area (Å²) in [7, 11) is 0. The molecule has 0 bridgehead atoms. The lowest BCUT2D eigenvalue weighted by Gasteiger charge is -1.99. The van der Waals surface area contributed by atoms with Gasteiger partial charge in [-0.05, 0) is 43.3 Å². The first kappa shape index (κ1) is 15.0. The van der Waals surface area contributed by atoms with Crippen LogP contribution >= 0.6 is 0 Å². The number of carbonyl (C=O) groups excluding carboxylic acids is 1. The highest BCUT2D eigenvalue weighted by Gasteiger charge is 2.09. The van der Waals surface area contributed by atoms with Gasteiger partial charge in [-0.25, -0.2) is 9.50 Å². The van der Waals surface area contributed by atoms with Crippen LogP contribution in [0.1, 0.15) is 22.8 Å². The maximum atomic E-state index is 12.5. The van der Waals surface area contributed by atoms with E-state index in [0.717, 1.165) is 0 Å². The van der Waals surface area contributed by atoms with Crippen molar-refractivity contribution in [3.05, 3.63) is 76.2 Å². The fourth-order valence-electron chi connectivity index (χ4n) is 2.67. The Morgan fingerprint density at radius 1 is 1.16 bits per heavy atom. The average Bonchev–Trinajstić information content (AvgIpc) is 3.04. The normalized spacial score (nSPS) is 11.6. The number of Topliss-reactive ketones (excluding diaryl/α,β-unsaturated/α-hetero) is 1. The van der Waals surface area contributed by atoms with Gasteiger partial charge in [-0.2, -0.15) is 0 Å². The lowest BCUT2D eigenvalue weighted by molar-refractivity contribution is 0.101. The quantitative estimate of drug-likeness (QED) is 0.463. The van der Waals surface area contributed by atoms with E-state index in [1.807, 2.05) is 18.2 Å². The van der Waals surface area contributed by atoms with Gasteiger partial charge in [0.2, 0.25) is 0 Å². The number of para-hydroxylation sites is 1. The van der Waals surface area contributed by atoms with Gasteiger partial charge in [-0.3, -0.25) is 19.7 Å². The van der Waals surface area contributed by atoms with Crippen molar-refractivity contribution in [3.63, 3.8) is 0 Å². The van der Waals surface area contributed by atoms with Crippen LogP contribution in [0.2, 0.25) is 0 Å². The molecule has 6 nitrogen and oxygen atoms in total. The van der Waals surface area contributed by atoms with Crippen LogP contribution in [0.3, 0.4) is 0 Å². The minimum absolute atomic E-state index is 0.0163. The van der Waals surface area contributed by atoms with Crippen LogP contribution in [0.4, 0.5) is 5.69 Å². The summed E-state index contributed by atoms with van der Waals surface area (Å²) in [5.74, 6) is 0.0163. The molecule has 0 fully saturated rings. The number of aromatic nitrogens is 3. The largest absolute Gasteiger partial charge is 0.296 e. The highest BCUT2D eigenvalue weighted by atomic mass is 16.1. The lowest BCUT2D eigenvalue weighted by Crippen LogP contribution is -2.15. The van der Waals surface area contributed by atoms with Gasteiger partial charge in [0, 0.05) is 18.0 Å². The Morgan fingerprint density at radius 2 is 1.92 bits per heavy atom. The van der Waals surface area contributed by atoms with Gasteiger partial charge in [0.1, 0.15) is 0 Å². The fraction of sp³-hybridized carbons (Fsp3) is 0.0526. The van der Waals surface area contributed by atoms with E-state index in [1.165, 1.54) is 11.4 Å². The molecule has 0 aliphatic rings. The Hall–Kier alpha value is -3.54. The van der Waals surface area contributed by atoms with E-state index in [4.69, 9.17) is 0 Å². The first-order valence-electron chi connectivity index (χ1n) is 7.77. The topological polar surface area (TPSA) is 79.6 Å². The van der Waals surface area contributed by atoms with Gasteiger partial charge >= 0.3 is 0 Å². The smallest absolute Gasteiger partial charge is 0.280 e. The van der Waals surface area contributed by atoms with Gasteiger partial charge in [-0.15, -0.1) is 0 Å². The van der Waals surface area contributed by atoms with E-state index in [0.29, 0.717) is 33.4 Å². The van der Waals surface area contributed by atoms with Crippen LogP contribution in [0.25, 0.3) is 16.6 Å². The van der Waals surface area contributed by atoms with Crippen molar-refractivity contribution in [1.82, 2.24) is 14.6 Å². The molecule has 1 N–H and O–H groups in total. The highest BCUT2D eigenvalue weighted by Crippen LogP contribution is 2.15. The molecule has 4 rings (SSSR count). The molecule has 0 unspecified atom stereocenters. The van der Waals surface area contributed by atoms with Crippen LogP contribution in [0, 0.1) is 0 Å². The Bertz CT molecular complexity index is 1180. The number of rotatable bonds is 3. The number of nitrogens with one attached hydrogen (secondary N) is 1. The minimum Gasteiger partial charge on any atom is -0.296 e. The van der Waals surface area contributed by atoms with Crippen molar-refractivity contribution >= 4 is 34.2 Å². The summed E-state index contributed by atoms with van der Waals surface area (Å²) in [5, 5.41) is 3.48. The number of aromatic amines is 1. The van der Waals surface area contributed by atoms with Crippen molar-refractivity contribution in [2.45, 2.75) is 6.92 Å².